The fourth-order valence-corrected chi connectivity index (χ4v) is 5.51. The zero-order valence-electron chi connectivity index (χ0n) is 13.3. The highest BCUT2D eigenvalue weighted by Crippen LogP contribution is 2.73. The molecule has 128 valence electrons. The molecule has 0 aromatic rings. The lowest BCUT2D eigenvalue weighted by atomic mass is 9.59. The number of ether oxygens (including phenoxy) is 2. The summed E-state index contributed by atoms with van der Waals surface area (Å²) >= 11 is 0. The monoisotopic (exact) mass is 332 g/mol. The molecule has 3 fully saturated rings. The number of rotatable bonds is 6. The van der Waals surface area contributed by atoms with Crippen LogP contribution in [0.25, 0.3) is 0 Å². The number of allylic oxidation sites excluding steroid dienone is 2. The summed E-state index contributed by atoms with van der Waals surface area (Å²) in [6.45, 7) is 0.252. The number of carbonyl (C=O) groups is 4. The number of fused-ring (bicyclic) bond motifs is 5. The molecule has 24 heavy (non-hydrogen) atoms. The van der Waals surface area contributed by atoms with Crippen LogP contribution in [0.5, 0.6) is 0 Å². The molecule has 3 rings (SSSR count). The Morgan fingerprint density at radius 2 is 1.58 bits per heavy atom. The number of carbonyl (C=O) groups excluding carboxylic acids is 4. The maximum Gasteiger partial charge on any atom is 0.337 e. The van der Waals surface area contributed by atoms with E-state index in [0.717, 1.165) is 38.5 Å². The summed E-state index contributed by atoms with van der Waals surface area (Å²) in [5.74, 6) is -0.305. The van der Waals surface area contributed by atoms with Crippen LogP contribution in [0.4, 0.5) is 0 Å². The van der Waals surface area contributed by atoms with Crippen molar-refractivity contribution < 1.29 is 28.7 Å². The molecule has 2 bridgehead atoms. The van der Waals surface area contributed by atoms with E-state index in [-0.39, 0.29) is 23.8 Å². The van der Waals surface area contributed by atoms with Crippen LogP contribution in [0.2, 0.25) is 0 Å². The zero-order chi connectivity index (χ0) is 17.2. The van der Waals surface area contributed by atoms with Gasteiger partial charge in [0.15, 0.2) is 0 Å². The average Bonchev–Trinajstić information content (AvgIpc) is 3.22. The summed E-state index contributed by atoms with van der Waals surface area (Å²) in [4.78, 5) is 43.7. The molecule has 4 unspecified atom stereocenters. The van der Waals surface area contributed by atoms with Crippen molar-refractivity contribution >= 4 is 24.9 Å². The van der Waals surface area contributed by atoms with Crippen molar-refractivity contribution in [2.45, 2.75) is 38.5 Å². The maximum absolute atomic E-state index is 11.6. The first-order valence-electron chi connectivity index (χ1n) is 8.24. The zero-order valence-corrected chi connectivity index (χ0v) is 13.3. The molecule has 0 amide bonds. The molecule has 3 saturated carbocycles. The van der Waals surface area contributed by atoms with Crippen molar-refractivity contribution in [2.24, 2.45) is 22.7 Å². The standard InChI is InChI=1S/C18H20O6/c19-11-23-15(21)4-8-17-7-3-13(10-17)14-2-1-6-18(14,17)9-5-16(22)24-12-20/h4-5,8-9,11-14H,1-3,6-7,10H2. The van der Waals surface area contributed by atoms with Gasteiger partial charge in [0.25, 0.3) is 0 Å². The van der Waals surface area contributed by atoms with Gasteiger partial charge in [-0.15, -0.1) is 0 Å². The Bertz CT molecular complexity index is 621. The van der Waals surface area contributed by atoms with E-state index in [1.54, 1.807) is 0 Å². The quantitative estimate of drug-likeness (QED) is 0.320. The van der Waals surface area contributed by atoms with Crippen LogP contribution in [0, 0.1) is 22.7 Å². The van der Waals surface area contributed by atoms with Gasteiger partial charge in [0.05, 0.1) is 0 Å². The summed E-state index contributed by atoms with van der Waals surface area (Å²) in [5.41, 5.74) is -0.408. The molecule has 0 heterocycles. The highest BCUT2D eigenvalue weighted by molar-refractivity contribution is 5.87. The molecule has 0 aromatic heterocycles. The molecule has 6 heteroatoms. The Morgan fingerprint density at radius 1 is 0.917 bits per heavy atom. The van der Waals surface area contributed by atoms with E-state index in [0.29, 0.717) is 11.8 Å². The van der Waals surface area contributed by atoms with Crippen molar-refractivity contribution in [1.82, 2.24) is 0 Å². The van der Waals surface area contributed by atoms with E-state index in [9.17, 15) is 19.2 Å². The van der Waals surface area contributed by atoms with Crippen LogP contribution in [-0.4, -0.2) is 24.9 Å². The molecular formula is C18H20O6. The second-order valence-electron chi connectivity index (χ2n) is 6.93. The summed E-state index contributed by atoms with van der Waals surface area (Å²) < 4.78 is 8.69. The van der Waals surface area contributed by atoms with Gasteiger partial charge in [0, 0.05) is 17.6 Å². The van der Waals surface area contributed by atoms with Crippen molar-refractivity contribution in [3.8, 4) is 0 Å². The van der Waals surface area contributed by atoms with E-state index >= 15 is 0 Å². The van der Waals surface area contributed by atoms with Gasteiger partial charge in [-0.25, -0.2) is 9.59 Å². The molecule has 0 saturated heterocycles. The van der Waals surface area contributed by atoms with E-state index in [1.807, 2.05) is 12.2 Å². The lowest BCUT2D eigenvalue weighted by molar-refractivity contribution is -0.149. The molecular weight excluding hydrogens is 312 g/mol. The summed E-state index contributed by atoms with van der Waals surface area (Å²) in [6, 6.07) is 0. The fraction of sp³-hybridized carbons (Fsp3) is 0.556. The first-order valence-corrected chi connectivity index (χ1v) is 8.24. The average molecular weight is 332 g/mol. The third-order valence-electron chi connectivity index (χ3n) is 6.23. The minimum atomic E-state index is -0.677. The predicted octanol–water partition coefficient (Wildman–Crippen LogP) is 2.08. The minimum absolute atomic E-state index is 0.125. The van der Waals surface area contributed by atoms with Gasteiger partial charge in [-0.2, -0.15) is 0 Å². The topological polar surface area (TPSA) is 86.7 Å². The Kier molecular flexibility index (Phi) is 4.39. The van der Waals surface area contributed by atoms with E-state index in [1.165, 1.54) is 12.2 Å². The van der Waals surface area contributed by atoms with Crippen LogP contribution in [0.15, 0.2) is 24.3 Å². The third-order valence-corrected chi connectivity index (χ3v) is 6.23. The Morgan fingerprint density at radius 3 is 2.25 bits per heavy atom. The lowest BCUT2D eigenvalue weighted by Gasteiger charge is -2.45. The van der Waals surface area contributed by atoms with Gasteiger partial charge < -0.3 is 9.47 Å². The van der Waals surface area contributed by atoms with Crippen LogP contribution in [0.3, 0.4) is 0 Å². The van der Waals surface area contributed by atoms with E-state index in [4.69, 9.17) is 0 Å². The summed E-state index contributed by atoms with van der Waals surface area (Å²) in [6.07, 6.45) is 12.6. The SMILES string of the molecule is O=COC(=O)C=CC12CCC(C1)C1CCCC12C=CC(=O)OC=O. The molecule has 0 aliphatic heterocycles. The van der Waals surface area contributed by atoms with Crippen LogP contribution in [0.1, 0.15) is 38.5 Å². The number of hydrogen-bond donors (Lipinski definition) is 0. The Balaban J connectivity index is 1.91. The summed E-state index contributed by atoms with van der Waals surface area (Å²) in [7, 11) is 0. The second kappa shape index (κ2) is 6.34. The Hall–Kier alpha value is -2.24. The first-order chi connectivity index (χ1) is 11.6. The van der Waals surface area contributed by atoms with Gasteiger partial charge in [0.2, 0.25) is 0 Å². The summed E-state index contributed by atoms with van der Waals surface area (Å²) in [5, 5.41) is 0. The van der Waals surface area contributed by atoms with Crippen molar-refractivity contribution in [3.63, 3.8) is 0 Å². The molecule has 0 N–H and O–H groups in total. The van der Waals surface area contributed by atoms with Crippen LogP contribution < -0.4 is 0 Å². The van der Waals surface area contributed by atoms with Gasteiger partial charge >= 0.3 is 24.9 Å². The van der Waals surface area contributed by atoms with E-state index in [2.05, 4.69) is 9.47 Å². The second-order valence-corrected chi connectivity index (χ2v) is 6.93. The molecule has 3 aliphatic carbocycles. The molecule has 3 aliphatic rings. The smallest absolute Gasteiger partial charge is 0.337 e. The highest BCUT2D eigenvalue weighted by atomic mass is 16.6. The normalized spacial score (nSPS) is 36.8. The predicted molar refractivity (Wildman–Crippen MR) is 82.1 cm³/mol. The van der Waals surface area contributed by atoms with Gasteiger partial charge in [-0.05, 0) is 49.4 Å². The largest absolute Gasteiger partial charge is 0.392 e. The molecule has 4 atom stereocenters. The third kappa shape index (κ3) is 2.50. The minimum Gasteiger partial charge on any atom is -0.392 e. The molecule has 0 aromatic carbocycles. The molecule has 0 spiro atoms. The van der Waals surface area contributed by atoms with Crippen molar-refractivity contribution in [2.75, 3.05) is 0 Å². The number of esters is 2. The van der Waals surface area contributed by atoms with Crippen LogP contribution >= 0.6 is 0 Å². The van der Waals surface area contributed by atoms with Gasteiger partial charge in [-0.1, -0.05) is 18.6 Å². The number of hydrogen-bond acceptors (Lipinski definition) is 6. The lowest BCUT2D eigenvalue weighted by Crippen LogP contribution is -2.38. The Labute approximate surface area is 139 Å². The fourth-order valence-electron chi connectivity index (χ4n) is 5.51. The highest BCUT2D eigenvalue weighted by Gasteiger charge is 2.65. The first kappa shape index (κ1) is 16.6. The van der Waals surface area contributed by atoms with Gasteiger partial charge in [-0.3, -0.25) is 9.59 Å². The van der Waals surface area contributed by atoms with Crippen molar-refractivity contribution in [3.05, 3.63) is 24.3 Å². The van der Waals surface area contributed by atoms with Crippen molar-refractivity contribution in [1.29, 1.82) is 0 Å². The molecule has 6 nitrogen and oxygen atoms in total. The van der Waals surface area contributed by atoms with E-state index < -0.39 is 11.9 Å². The maximum atomic E-state index is 11.6. The van der Waals surface area contributed by atoms with Crippen LogP contribution in [-0.2, 0) is 28.7 Å². The van der Waals surface area contributed by atoms with Gasteiger partial charge in [0.1, 0.15) is 0 Å². The molecule has 0 radical (unpaired) electrons.